The minimum Gasteiger partial charge on any atom is -0.469 e. The van der Waals surface area contributed by atoms with Crippen LogP contribution in [-0.4, -0.2) is 34.3 Å². The number of sulfonamides is 1. The van der Waals surface area contributed by atoms with Gasteiger partial charge in [0, 0.05) is 11.4 Å². The van der Waals surface area contributed by atoms with E-state index >= 15 is 0 Å². The van der Waals surface area contributed by atoms with Crippen molar-refractivity contribution in [3.8, 4) is 0 Å². The molecule has 2 rings (SSSR count). The molecule has 2 aromatic carbocycles. The summed E-state index contributed by atoms with van der Waals surface area (Å²) < 4.78 is 32.3. The van der Waals surface area contributed by atoms with Crippen LogP contribution >= 0.6 is 11.8 Å². The molecule has 0 saturated heterocycles. The first-order valence-electron chi connectivity index (χ1n) is 7.69. The largest absolute Gasteiger partial charge is 0.469 e. The summed E-state index contributed by atoms with van der Waals surface area (Å²) in [5.41, 5.74) is 1.53. The number of anilines is 1. The number of benzene rings is 2. The van der Waals surface area contributed by atoms with Gasteiger partial charge in [-0.25, -0.2) is 8.42 Å². The standard InChI is InChI=1S/C18H21NO4S2/c1-14-8-10-15(11-9-14)25(21,22)19(13-12-18(20)23-2)16-6-4-5-7-17(16)24-3/h4-11H,12-13H2,1-3H3. The van der Waals surface area contributed by atoms with Gasteiger partial charge in [0.15, 0.2) is 0 Å². The van der Waals surface area contributed by atoms with Crippen molar-refractivity contribution >= 4 is 33.4 Å². The number of carbonyl (C=O) groups is 1. The molecule has 0 fully saturated rings. The Bertz CT molecular complexity index is 832. The second-order valence-electron chi connectivity index (χ2n) is 5.39. The number of rotatable bonds is 7. The van der Waals surface area contributed by atoms with E-state index in [1.165, 1.54) is 23.2 Å². The Morgan fingerprint density at radius 3 is 2.36 bits per heavy atom. The zero-order valence-electron chi connectivity index (χ0n) is 14.4. The summed E-state index contributed by atoms with van der Waals surface area (Å²) in [7, 11) is -2.51. The van der Waals surface area contributed by atoms with Crippen LogP contribution in [0.5, 0.6) is 0 Å². The second-order valence-corrected chi connectivity index (χ2v) is 8.10. The average Bonchev–Trinajstić information content (AvgIpc) is 2.62. The quantitative estimate of drug-likeness (QED) is 0.544. The van der Waals surface area contributed by atoms with E-state index in [2.05, 4.69) is 4.74 Å². The Morgan fingerprint density at radius 1 is 1.12 bits per heavy atom. The van der Waals surface area contributed by atoms with Gasteiger partial charge in [-0.2, -0.15) is 0 Å². The maximum Gasteiger partial charge on any atom is 0.307 e. The van der Waals surface area contributed by atoms with Gasteiger partial charge in [0.2, 0.25) is 0 Å². The number of hydrogen-bond donors (Lipinski definition) is 0. The number of ether oxygens (including phenoxy) is 1. The topological polar surface area (TPSA) is 63.7 Å². The highest BCUT2D eigenvalue weighted by molar-refractivity contribution is 7.99. The van der Waals surface area contributed by atoms with E-state index < -0.39 is 16.0 Å². The van der Waals surface area contributed by atoms with Crippen molar-refractivity contribution in [3.63, 3.8) is 0 Å². The molecule has 7 heteroatoms. The molecule has 0 amide bonds. The molecule has 0 aliphatic rings. The monoisotopic (exact) mass is 379 g/mol. The van der Waals surface area contributed by atoms with Crippen LogP contribution in [0.2, 0.25) is 0 Å². The van der Waals surface area contributed by atoms with E-state index in [-0.39, 0.29) is 17.9 Å². The number of carbonyl (C=O) groups excluding carboxylic acids is 1. The molecule has 5 nitrogen and oxygen atoms in total. The van der Waals surface area contributed by atoms with Gasteiger partial charge < -0.3 is 4.74 Å². The predicted octanol–water partition coefficient (Wildman–Crippen LogP) is 3.48. The summed E-state index contributed by atoms with van der Waals surface area (Å²) in [4.78, 5) is 12.6. The number of methoxy groups -OCH3 is 1. The van der Waals surface area contributed by atoms with Crippen molar-refractivity contribution in [2.24, 2.45) is 0 Å². The molecule has 0 spiro atoms. The first-order chi connectivity index (χ1) is 11.9. The summed E-state index contributed by atoms with van der Waals surface area (Å²) in [6.45, 7) is 1.91. The van der Waals surface area contributed by atoms with Gasteiger partial charge in [-0.05, 0) is 37.4 Å². The average molecular weight is 380 g/mol. The smallest absolute Gasteiger partial charge is 0.307 e. The molecule has 0 aliphatic carbocycles. The van der Waals surface area contributed by atoms with Crippen molar-refractivity contribution in [2.75, 3.05) is 24.2 Å². The van der Waals surface area contributed by atoms with E-state index in [9.17, 15) is 13.2 Å². The third kappa shape index (κ3) is 4.55. The van der Waals surface area contributed by atoms with Crippen LogP contribution in [0.1, 0.15) is 12.0 Å². The van der Waals surface area contributed by atoms with Gasteiger partial charge >= 0.3 is 5.97 Å². The molecule has 0 unspecified atom stereocenters. The highest BCUT2D eigenvalue weighted by Crippen LogP contribution is 2.32. The van der Waals surface area contributed by atoms with Gasteiger partial charge in [0.1, 0.15) is 0 Å². The fraction of sp³-hybridized carbons (Fsp3) is 0.278. The van der Waals surface area contributed by atoms with E-state index in [1.807, 2.05) is 25.3 Å². The lowest BCUT2D eigenvalue weighted by atomic mass is 10.2. The fourth-order valence-corrected chi connectivity index (χ4v) is 4.48. The molecular weight excluding hydrogens is 358 g/mol. The van der Waals surface area contributed by atoms with Crippen LogP contribution in [0, 0.1) is 6.92 Å². The summed E-state index contributed by atoms with van der Waals surface area (Å²) in [5.74, 6) is -0.453. The number of esters is 1. The zero-order chi connectivity index (χ0) is 18.4. The molecule has 0 N–H and O–H groups in total. The van der Waals surface area contributed by atoms with Gasteiger partial charge in [0.05, 0.1) is 24.1 Å². The molecule has 0 radical (unpaired) electrons. The molecule has 25 heavy (non-hydrogen) atoms. The number of nitrogens with zero attached hydrogens (tertiary/aromatic N) is 1. The first-order valence-corrected chi connectivity index (χ1v) is 10.4. The third-order valence-corrected chi connectivity index (χ3v) is 6.32. The Hall–Kier alpha value is -1.99. The third-order valence-electron chi connectivity index (χ3n) is 3.71. The molecule has 0 atom stereocenters. The highest BCUT2D eigenvalue weighted by atomic mass is 32.2. The van der Waals surface area contributed by atoms with E-state index in [4.69, 9.17) is 0 Å². The Kier molecular flexibility index (Phi) is 6.50. The molecule has 0 heterocycles. The van der Waals surface area contributed by atoms with Gasteiger partial charge in [-0.15, -0.1) is 11.8 Å². The molecular formula is C18H21NO4S2. The van der Waals surface area contributed by atoms with Crippen LogP contribution < -0.4 is 4.31 Å². The lowest BCUT2D eigenvalue weighted by molar-refractivity contribution is -0.140. The summed E-state index contributed by atoms with van der Waals surface area (Å²) in [6, 6.07) is 13.9. The predicted molar refractivity (Wildman–Crippen MR) is 101 cm³/mol. The summed E-state index contributed by atoms with van der Waals surface area (Å²) >= 11 is 1.46. The molecule has 2 aromatic rings. The van der Waals surface area contributed by atoms with E-state index in [1.54, 1.807) is 36.4 Å². The van der Waals surface area contributed by atoms with Crippen LogP contribution in [0.4, 0.5) is 5.69 Å². The van der Waals surface area contributed by atoms with Crippen LogP contribution in [0.3, 0.4) is 0 Å². The van der Waals surface area contributed by atoms with Crippen LogP contribution in [0.25, 0.3) is 0 Å². The van der Waals surface area contributed by atoms with Gasteiger partial charge in [-0.1, -0.05) is 29.8 Å². The van der Waals surface area contributed by atoms with Crippen molar-refractivity contribution in [3.05, 3.63) is 54.1 Å². The van der Waals surface area contributed by atoms with Crippen molar-refractivity contribution in [2.45, 2.75) is 23.1 Å². The molecule has 134 valence electrons. The fourth-order valence-electron chi connectivity index (χ4n) is 2.34. The van der Waals surface area contributed by atoms with Crippen LogP contribution in [0.15, 0.2) is 58.3 Å². The lowest BCUT2D eigenvalue weighted by Gasteiger charge is -2.26. The lowest BCUT2D eigenvalue weighted by Crippen LogP contribution is -2.33. The zero-order valence-corrected chi connectivity index (χ0v) is 16.1. The molecule has 0 saturated carbocycles. The summed E-state index contributed by atoms with van der Waals surface area (Å²) in [6.07, 6.45) is 1.86. The van der Waals surface area contributed by atoms with Crippen LogP contribution in [-0.2, 0) is 19.6 Å². The Balaban J connectivity index is 2.50. The number of thioether (sulfide) groups is 1. The van der Waals surface area contributed by atoms with Gasteiger partial charge in [0.25, 0.3) is 10.0 Å². The first kappa shape index (κ1) is 19.3. The van der Waals surface area contributed by atoms with E-state index in [0.29, 0.717) is 5.69 Å². The Morgan fingerprint density at radius 2 is 1.76 bits per heavy atom. The summed E-state index contributed by atoms with van der Waals surface area (Å²) in [5, 5.41) is 0. The molecule has 0 bridgehead atoms. The van der Waals surface area contributed by atoms with Gasteiger partial charge in [-0.3, -0.25) is 9.10 Å². The minimum atomic E-state index is -3.80. The normalized spacial score (nSPS) is 11.2. The van der Waals surface area contributed by atoms with E-state index in [0.717, 1.165) is 10.5 Å². The van der Waals surface area contributed by atoms with Crippen molar-refractivity contribution < 1.29 is 17.9 Å². The molecule has 0 aromatic heterocycles. The highest BCUT2D eigenvalue weighted by Gasteiger charge is 2.27. The number of aryl methyl sites for hydroxylation is 1. The molecule has 0 aliphatic heterocycles. The number of hydrogen-bond acceptors (Lipinski definition) is 5. The maximum atomic E-state index is 13.2. The SMILES string of the molecule is COC(=O)CCN(c1ccccc1SC)S(=O)(=O)c1ccc(C)cc1. The second kappa shape index (κ2) is 8.40. The minimum absolute atomic E-state index is 0.0143. The maximum absolute atomic E-state index is 13.2. The Labute approximate surface area is 153 Å². The van der Waals surface area contributed by atoms with Crippen molar-refractivity contribution in [1.82, 2.24) is 0 Å². The van der Waals surface area contributed by atoms with Crippen molar-refractivity contribution in [1.29, 1.82) is 0 Å². The number of para-hydroxylation sites is 1.